The average Bonchev–Trinajstić information content (AvgIpc) is 3.18. The Kier molecular flexibility index (Phi) is 4.14. The van der Waals surface area contributed by atoms with Crippen molar-refractivity contribution in [3.8, 4) is 0 Å². The molecule has 0 radical (unpaired) electrons. The summed E-state index contributed by atoms with van der Waals surface area (Å²) < 4.78 is 17.8. The number of aromatic carboxylic acids is 1. The number of aromatic nitrogens is 4. The maximum atomic E-state index is 14.1. The van der Waals surface area contributed by atoms with Crippen LogP contribution in [0, 0.1) is 11.7 Å². The van der Waals surface area contributed by atoms with Crippen LogP contribution < -0.4 is 0 Å². The first-order valence-electron chi connectivity index (χ1n) is 8.75. The van der Waals surface area contributed by atoms with Gasteiger partial charge < -0.3 is 5.11 Å². The minimum Gasteiger partial charge on any atom is -0.478 e. The highest BCUT2D eigenvalue weighted by Crippen LogP contribution is 2.24. The van der Waals surface area contributed by atoms with Crippen molar-refractivity contribution in [1.82, 2.24) is 19.6 Å². The molecule has 0 aliphatic heterocycles. The minimum absolute atomic E-state index is 0.213. The lowest BCUT2D eigenvalue weighted by Gasteiger charge is -2.11. The molecule has 0 aliphatic rings. The molecule has 0 saturated heterocycles. The van der Waals surface area contributed by atoms with Crippen LogP contribution in [0.5, 0.6) is 0 Å². The minimum atomic E-state index is -0.978. The van der Waals surface area contributed by atoms with E-state index in [1.54, 1.807) is 35.3 Å². The molecule has 0 atom stereocenters. The standard InChI is InChI=1S/C20H19FN4O2/c1-12(2)10-25-19-15(9-23-25)6-17(21)7-16(19)11-24-18-4-3-13(20(26)27)5-14(18)8-22-24/h3-9,12H,10-11H2,1-2H3,(H,26,27). The van der Waals surface area contributed by atoms with E-state index in [0.717, 1.165) is 33.9 Å². The van der Waals surface area contributed by atoms with E-state index in [-0.39, 0.29) is 11.4 Å². The number of rotatable bonds is 5. The van der Waals surface area contributed by atoms with Gasteiger partial charge in [0, 0.05) is 22.9 Å². The predicted molar refractivity (Wildman–Crippen MR) is 100 cm³/mol. The molecule has 2 aromatic heterocycles. The molecular weight excluding hydrogens is 347 g/mol. The zero-order valence-electron chi connectivity index (χ0n) is 15.1. The Hall–Kier alpha value is -3.22. The highest BCUT2D eigenvalue weighted by molar-refractivity contribution is 5.93. The smallest absolute Gasteiger partial charge is 0.335 e. The number of carboxylic acid groups (broad SMARTS) is 1. The summed E-state index contributed by atoms with van der Waals surface area (Å²) in [6, 6.07) is 7.87. The van der Waals surface area contributed by atoms with Gasteiger partial charge in [0.2, 0.25) is 0 Å². The Morgan fingerprint density at radius 1 is 1.11 bits per heavy atom. The summed E-state index contributed by atoms with van der Waals surface area (Å²) in [5.41, 5.74) is 2.70. The van der Waals surface area contributed by atoms with E-state index < -0.39 is 5.97 Å². The largest absolute Gasteiger partial charge is 0.478 e. The number of halogens is 1. The maximum Gasteiger partial charge on any atom is 0.335 e. The van der Waals surface area contributed by atoms with Gasteiger partial charge in [0.1, 0.15) is 5.82 Å². The van der Waals surface area contributed by atoms with Gasteiger partial charge in [-0.3, -0.25) is 9.36 Å². The van der Waals surface area contributed by atoms with E-state index in [2.05, 4.69) is 24.0 Å². The van der Waals surface area contributed by atoms with Gasteiger partial charge in [-0.05, 0) is 36.2 Å². The Morgan fingerprint density at radius 3 is 2.59 bits per heavy atom. The van der Waals surface area contributed by atoms with Crippen LogP contribution in [0.3, 0.4) is 0 Å². The molecule has 0 amide bonds. The van der Waals surface area contributed by atoms with Gasteiger partial charge >= 0.3 is 5.97 Å². The number of hydrogen-bond acceptors (Lipinski definition) is 3. The van der Waals surface area contributed by atoms with E-state index in [4.69, 9.17) is 5.11 Å². The third-order valence-corrected chi connectivity index (χ3v) is 4.52. The number of fused-ring (bicyclic) bond motifs is 2. The van der Waals surface area contributed by atoms with Gasteiger partial charge in [-0.2, -0.15) is 10.2 Å². The zero-order valence-corrected chi connectivity index (χ0v) is 15.1. The van der Waals surface area contributed by atoms with E-state index in [1.807, 2.05) is 4.68 Å². The highest BCUT2D eigenvalue weighted by atomic mass is 19.1. The number of benzene rings is 2. The second kappa shape index (κ2) is 6.50. The fraction of sp³-hybridized carbons (Fsp3) is 0.250. The third kappa shape index (κ3) is 3.16. The molecule has 7 heteroatoms. The molecule has 2 aromatic carbocycles. The molecule has 0 unspecified atom stereocenters. The first-order valence-corrected chi connectivity index (χ1v) is 8.75. The number of nitrogens with zero attached hydrogens (tertiary/aromatic N) is 4. The van der Waals surface area contributed by atoms with Crippen molar-refractivity contribution in [2.24, 2.45) is 5.92 Å². The zero-order chi connectivity index (χ0) is 19.1. The van der Waals surface area contributed by atoms with Crippen molar-refractivity contribution >= 4 is 27.8 Å². The van der Waals surface area contributed by atoms with Crippen molar-refractivity contribution in [1.29, 1.82) is 0 Å². The average molecular weight is 366 g/mol. The molecule has 0 fully saturated rings. The Bertz CT molecular complexity index is 1160. The molecule has 138 valence electrons. The van der Waals surface area contributed by atoms with Crippen LogP contribution in [0.4, 0.5) is 4.39 Å². The summed E-state index contributed by atoms with van der Waals surface area (Å²) in [4.78, 5) is 11.1. The maximum absolute atomic E-state index is 14.1. The Labute approximate surface area is 154 Å². The van der Waals surface area contributed by atoms with Crippen LogP contribution >= 0.6 is 0 Å². The lowest BCUT2D eigenvalue weighted by molar-refractivity contribution is 0.0697. The number of hydrogen-bond donors (Lipinski definition) is 1. The quantitative estimate of drug-likeness (QED) is 0.581. The van der Waals surface area contributed by atoms with Crippen molar-refractivity contribution in [2.45, 2.75) is 26.9 Å². The molecule has 2 heterocycles. The molecular formula is C20H19FN4O2. The summed E-state index contributed by atoms with van der Waals surface area (Å²) in [6.45, 7) is 5.33. The first-order chi connectivity index (χ1) is 12.9. The van der Waals surface area contributed by atoms with Gasteiger partial charge in [0.25, 0.3) is 0 Å². The highest BCUT2D eigenvalue weighted by Gasteiger charge is 2.14. The lowest BCUT2D eigenvalue weighted by Crippen LogP contribution is -2.09. The lowest BCUT2D eigenvalue weighted by atomic mass is 10.1. The van der Waals surface area contributed by atoms with E-state index in [0.29, 0.717) is 12.5 Å². The SMILES string of the molecule is CC(C)Cn1ncc2cc(F)cc(Cn3ncc4cc(C(=O)O)ccc43)c21. The molecule has 0 aliphatic carbocycles. The van der Waals surface area contributed by atoms with Crippen molar-refractivity contribution < 1.29 is 14.3 Å². The molecule has 4 aromatic rings. The summed E-state index contributed by atoms with van der Waals surface area (Å²) in [5, 5.41) is 19.4. The molecule has 0 bridgehead atoms. The monoisotopic (exact) mass is 366 g/mol. The fourth-order valence-electron chi connectivity index (χ4n) is 3.39. The number of carboxylic acids is 1. The van der Waals surface area contributed by atoms with Gasteiger partial charge in [-0.15, -0.1) is 0 Å². The third-order valence-electron chi connectivity index (χ3n) is 4.52. The van der Waals surface area contributed by atoms with Gasteiger partial charge in [0.05, 0.1) is 35.5 Å². The molecule has 27 heavy (non-hydrogen) atoms. The van der Waals surface area contributed by atoms with Crippen LogP contribution in [0.15, 0.2) is 42.7 Å². The van der Waals surface area contributed by atoms with E-state index in [1.165, 1.54) is 12.1 Å². The Morgan fingerprint density at radius 2 is 1.85 bits per heavy atom. The van der Waals surface area contributed by atoms with Crippen molar-refractivity contribution in [3.63, 3.8) is 0 Å². The second-order valence-electron chi connectivity index (χ2n) is 7.10. The fourth-order valence-corrected chi connectivity index (χ4v) is 3.39. The summed E-state index contributed by atoms with van der Waals surface area (Å²) in [6.07, 6.45) is 3.31. The normalized spacial score (nSPS) is 11.7. The van der Waals surface area contributed by atoms with Gasteiger partial charge in [-0.25, -0.2) is 9.18 Å². The molecule has 1 N–H and O–H groups in total. The molecule has 4 rings (SSSR count). The van der Waals surface area contributed by atoms with Crippen LogP contribution in [0.25, 0.3) is 21.8 Å². The van der Waals surface area contributed by atoms with Gasteiger partial charge in [-0.1, -0.05) is 13.8 Å². The molecule has 0 saturated carbocycles. The summed E-state index contributed by atoms with van der Waals surface area (Å²) in [5.74, 6) is -0.883. The number of carbonyl (C=O) groups is 1. The first kappa shape index (κ1) is 17.2. The second-order valence-corrected chi connectivity index (χ2v) is 7.10. The topological polar surface area (TPSA) is 72.9 Å². The Balaban J connectivity index is 1.80. The van der Waals surface area contributed by atoms with E-state index in [9.17, 15) is 9.18 Å². The van der Waals surface area contributed by atoms with Gasteiger partial charge in [0.15, 0.2) is 0 Å². The summed E-state index contributed by atoms with van der Waals surface area (Å²) in [7, 11) is 0. The van der Waals surface area contributed by atoms with Crippen molar-refractivity contribution in [2.75, 3.05) is 0 Å². The van der Waals surface area contributed by atoms with Crippen LogP contribution in [-0.2, 0) is 13.1 Å². The van der Waals surface area contributed by atoms with Crippen LogP contribution in [-0.4, -0.2) is 30.6 Å². The summed E-state index contributed by atoms with van der Waals surface area (Å²) >= 11 is 0. The van der Waals surface area contributed by atoms with E-state index >= 15 is 0 Å². The van der Waals surface area contributed by atoms with Crippen LogP contribution in [0.1, 0.15) is 29.8 Å². The molecule has 6 nitrogen and oxygen atoms in total. The molecule has 0 spiro atoms. The van der Waals surface area contributed by atoms with Crippen molar-refractivity contribution in [3.05, 3.63) is 59.7 Å². The predicted octanol–water partition coefficient (Wildman–Crippen LogP) is 3.93. The van der Waals surface area contributed by atoms with Crippen LogP contribution in [0.2, 0.25) is 0 Å².